The summed E-state index contributed by atoms with van der Waals surface area (Å²) < 4.78 is 30.9. The highest BCUT2D eigenvalue weighted by molar-refractivity contribution is 5.89. The molecule has 0 aliphatic rings. The summed E-state index contributed by atoms with van der Waals surface area (Å²) in [6.07, 6.45) is 0. The molecule has 0 heterocycles. The highest BCUT2D eigenvalue weighted by Crippen LogP contribution is 2.12. The van der Waals surface area contributed by atoms with Gasteiger partial charge in [-0.3, -0.25) is 0 Å². The van der Waals surface area contributed by atoms with Crippen molar-refractivity contribution in [3.8, 4) is 0 Å². The number of rotatable bonds is 3. The third kappa shape index (κ3) is 2.91. The molecular weight excluding hydrogens is 238 g/mol. The molecule has 0 amide bonds. The zero-order valence-corrected chi connectivity index (χ0v) is 9.40. The predicted octanol–water partition coefficient (Wildman–Crippen LogP) is 3.32. The van der Waals surface area contributed by atoms with Gasteiger partial charge < -0.3 is 4.74 Å². The Morgan fingerprint density at radius 2 is 1.78 bits per heavy atom. The van der Waals surface area contributed by atoms with Crippen molar-refractivity contribution >= 4 is 5.97 Å². The van der Waals surface area contributed by atoms with Gasteiger partial charge in [-0.1, -0.05) is 30.3 Å². The van der Waals surface area contributed by atoms with Crippen molar-refractivity contribution in [1.29, 1.82) is 0 Å². The van der Waals surface area contributed by atoms with Crippen LogP contribution in [0.3, 0.4) is 0 Å². The van der Waals surface area contributed by atoms with Crippen LogP contribution >= 0.6 is 0 Å². The van der Waals surface area contributed by atoms with Crippen LogP contribution in [0.5, 0.6) is 0 Å². The van der Waals surface area contributed by atoms with Gasteiger partial charge in [0.15, 0.2) is 0 Å². The van der Waals surface area contributed by atoms with Crippen LogP contribution in [0.1, 0.15) is 15.9 Å². The van der Waals surface area contributed by atoms with Crippen molar-refractivity contribution in [2.45, 2.75) is 6.61 Å². The summed E-state index contributed by atoms with van der Waals surface area (Å²) in [6.45, 7) is 0.0521. The van der Waals surface area contributed by atoms with E-state index >= 15 is 0 Å². The van der Waals surface area contributed by atoms with Crippen molar-refractivity contribution < 1.29 is 18.3 Å². The van der Waals surface area contributed by atoms with E-state index in [1.165, 1.54) is 0 Å². The first kappa shape index (κ1) is 12.2. The monoisotopic (exact) mass is 248 g/mol. The van der Waals surface area contributed by atoms with Gasteiger partial charge in [0.2, 0.25) is 0 Å². The molecule has 0 unspecified atom stereocenters. The van der Waals surface area contributed by atoms with Crippen molar-refractivity contribution in [2.75, 3.05) is 0 Å². The summed E-state index contributed by atoms with van der Waals surface area (Å²) in [5.74, 6) is -2.46. The van der Waals surface area contributed by atoms with Crippen molar-refractivity contribution in [2.24, 2.45) is 0 Å². The minimum absolute atomic E-state index is 0.0521. The molecule has 18 heavy (non-hydrogen) atoms. The first-order chi connectivity index (χ1) is 8.66. The van der Waals surface area contributed by atoms with Gasteiger partial charge in [-0.25, -0.2) is 13.6 Å². The lowest BCUT2D eigenvalue weighted by Crippen LogP contribution is -2.07. The minimum Gasteiger partial charge on any atom is -0.457 e. The van der Waals surface area contributed by atoms with Crippen LogP contribution in [0.2, 0.25) is 0 Å². The SMILES string of the molecule is O=C(OCc1ccccc1)c1ccc(F)cc1F. The van der Waals surface area contributed by atoms with E-state index in [-0.39, 0.29) is 12.2 Å². The molecule has 2 aromatic carbocycles. The lowest BCUT2D eigenvalue weighted by Gasteiger charge is -2.05. The van der Waals surface area contributed by atoms with E-state index in [0.717, 1.165) is 17.7 Å². The number of hydrogen-bond acceptors (Lipinski definition) is 2. The number of ether oxygens (including phenoxy) is 1. The number of halogens is 2. The molecule has 0 saturated carbocycles. The standard InChI is InChI=1S/C14H10F2O2/c15-11-6-7-12(13(16)8-11)14(17)18-9-10-4-2-1-3-5-10/h1-8H,9H2. The second kappa shape index (κ2) is 5.40. The first-order valence-electron chi connectivity index (χ1n) is 5.33. The first-order valence-corrected chi connectivity index (χ1v) is 5.33. The Labute approximate surface area is 103 Å². The van der Waals surface area contributed by atoms with Gasteiger partial charge in [0, 0.05) is 6.07 Å². The summed E-state index contributed by atoms with van der Waals surface area (Å²) >= 11 is 0. The lowest BCUT2D eigenvalue weighted by atomic mass is 10.2. The number of carbonyl (C=O) groups is 1. The molecule has 2 nitrogen and oxygen atoms in total. The number of benzene rings is 2. The molecule has 2 aromatic rings. The molecule has 0 atom stereocenters. The number of esters is 1. The largest absolute Gasteiger partial charge is 0.457 e. The van der Waals surface area contributed by atoms with Gasteiger partial charge in [0.1, 0.15) is 18.2 Å². The third-order valence-corrected chi connectivity index (χ3v) is 2.36. The molecule has 0 aliphatic heterocycles. The molecule has 0 radical (unpaired) electrons. The molecule has 0 saturated heterocycles. The average Bonchev–Trinajstić information content (AvgIpc) is 2.37. The maximum absolute atomic E-state index is 13.3. The topological polar surface area (TPSA) is 26.3 Å². The Kier molecular flexibility index (Phi) is 3.67. The number of hydrogen-bond donors (Lipinski definition) is 0. The highest BCUT2D eigenvalue weighted by atomic mass is 19.1. The summed E-state index contributed by atoms with van der Waals surface area (Å²) in [7, 11) is 0. The van der Waals surface area contributed by atoms with E-state index in [0.29, 0.717) is 6.07 Å². The quantitative estimate of drug-likeness (QED) is 0.779. The van der Waals surface area contributed by atoms with Gasteiger partial charge in [0.25, 0.3) is 0 Å². The van der Waals surface area contributed by atoms with Crippen molar-refractivity contribution in [3.05, 3.63) is 71.3 Å². The van der Waals surface area contributed by atoms with Crippen LogP contribution < -0.4 is 0 Å². The maximum Gasteiger partial charge on any atom is 0.341 e. The van der Waals surface area contributed by atoms with E-state index in [4.69, 9.17) is 4.74 Å². The lowest BCUT2D eigenvalue weighted by molar-refractivity contribution is 0.0467. The smallest absolute Gasteiger partial charge is 0.341 e. The summed E-state index contributed by atoms with van der Waals surface area (Å²) in [5, 5.41) is 0. The fourth-order valence-electron chi connectivity index (χ4n) is 1.46. The van der Waals surface area contributed by atoms with Gasteiger partial charge in [-0.15, -0.1) is 0 Å². The molecule has 92 valence electrons. The Balaban J connectivity index is 2.04. The Bertz CT molecular complexity index is 553. The maximum atomic E-state index is 13.3. The van der Waals surface area contributed by atoms with Crippen LogP contribution in [0, 0.1) is 11.6 Å². The summed E-state index contributed by atoms with van der Waals surface area (Å²) in [4.78, 5) is 11.6. The second-order valence-electron chi connectivity index (χ2n) is 3.69. The molecule has 0 fully saturated rings. The van der Waals surface area contributed by atoms with Crippen LogP contribution in [0.15, 0.2) is 48.5 Å². The average molecular weight is 248 g/mol. The molecule has 0 bridgehead atoms. The number of carbonyl (C=O) groups excluding carboxylic acids is 1. The molecule has 0 aromatic heterocycles. The Hall–Kier alpha value is -2.23. The molecular formula is C14H10F2O2. The van der Waals surface area contributed by atoms with Crippen LogP contribution in [-0.2, 0) is 11.3 Å². The zero-order chi connectivity index (χ0) is 13.0. The van der Waals surface area contributed by atoms with Crippen LogP contribution in [-0.4, -0.2) is 5.97 Å². The Morgan fingerprint density at radius 3 is 2.44 bits per heavy atom. The molecule has 0 aliphatic carbocycles. The molecule has 2 rings (SSSR count). The van der Waals surface area contributed by atoms with E-state index in [2.05, 4.69) is 0 Å². The highest BCUT2D eigenvalue weighted by Gasteiger charge is 2.13. The molecule has 0 N–H and O–H groups in total. The molecule has 4 heteroatoms. The predicted molar refractivity (Wildman–Crippen MR) is 61.9 cm³/mol. The Morgan fingerprint density at radius 1 is 1.06 bits per heavy atom. The normalized spacial score (nSPS) is 10.1. The van der Waals surface area contributed by atoms with E-state index in [1.54, 1.807) is 12.1 Å². The second-order valence-corrected chi connectivity index (χ2v) is 3.69. The van der Waals surface area contributed by atoms with Crippen molar-refractivity contribution in [1.82, 2.24) is 0 Å². The fourth-order valence-corrected chi connectivity index (χ4v) is 1.46. The van der Waals surface area contributed by atoms with Gasteiger partial charge in [0.05, 0.1) is 5.56 Å². The van der Waals surface area contributed by atoms with Crippen LogP contribution in [0.4, 0.5) is 8.78 Å². The third-order valence-electron chi connectivity index (χ3n) is 2.36. The van der Waals surface area contributed by atoms with E-state index in [9.17, 15) is 13.6 Å². The van der Waals surface area contributed by atoms with Crippen molar-refractivity contribution in [3.63, 3.8) is 0 Å². The van der Waals surface area contributed by atoms with Gasteiger partial charge in [-0.2, -0.15) is 0 Å². The van der Waals surface area contributed by atoms with E-state index in [1.807, 2.05) is 18.2 Å². The van der Waals surface area contributed by atoms with E-state index < -0.39 is 17.6 Å². The van der Waals surface area contributed by atoms with Gasteiger partial charge in [-0.05, 0) is 17.7 Å². The zero-order valence-electron chi connectivity index (χ0n) is 9.40. The van der Waals surface area contributed by atoms with Gasteiger partial charge >= 0.3 is 5.97 Å². The van der Waals surface area contributed by atoms with Crippen LogP contribution in [0.25, 0.3) is 0 Å². The summed E-state index contributed by atoms with van der Waals surface area (Å²) in [5.41, 5.74) is 0.528. The molecule has 0 spiro atoms. The summed E-state index contributed by atoms with van der Waals surface area (Å²) in [6, 6.07) is 11.8. The minimum atomic E-state index is -0.923. The fraction of sp³-hybridized carbons (Fsp3) is 0.0714.